The van der Waals surface area contributed by atoms with E-state index in [9.17, 15) is 9.59 Å². The van der Waals surface area contributed by atoms with E-state index < -0.39 is 0 Å². The van der Waals surface area contributed by atoms with E-state index in [-0.39, 0.29) is 17.5 Å². The number of carbonyl (C=O) groups excluding carboxylic acids is 2. The monoisotopic (exact) mass is 454 g/mol. The van der Waals surface area contributed by atoms with E-state index in [0.29, 0.717) is 40.8 Å². The van der Waals surface area contributed by atoms with E-state index in [0.717, 1.165) is 16.7 Å². The Bertz CT molecular complexity index is 1270. The Morgan fingerprint density at radius 3 is 2.24 bits per heavy atom. The lowest BCUT2D eigenvalue weighted by Crippen LogP contribution is -2.32. The topological polar surface area (TPSA) is 58.6 Å². The number of hydrogen-bond acceptors (Lipinski definition) is 4. The molecular formula is C29H30N2O3. The summed E-state index contributed by atoms with van der Waals surface area (Å²) in [6.07, 6.45) is 0. The van der Waals surface area contributed by atoms with Crippen LogP contribution in [0.1, 0.15) is 48.9 Å². The first-order chi connectivity index (χ1) is 16.3. The largest absolute Gasteiger partial charge is 0.492 e. The Hall–Kier alpha value is -3.86. The molecule has 0 aliphatic carbocycles. The van der Waals surface area contributed by atoms with Gasteiger partial charge in [-0.1, -0.05) is 56.3 Å². The minimum Gasteiger partial charge on any atom is -0.492 e. The van der Waals surface area contributed by atoms with E-state index in [1.54, 1.807) is 0 Å². The highest BCUT2D eigenvalue weighted by Crippen LogP contribution is 2.36. The summed E-state index contributed by atoms with van der Waals surface area (Å²) in [7, 11) is 0. The van der Waals surface area contributed by atoms with Gasteiger partial charge in [0.15, 0.2) is 0 Å². The molecule has 0 atom stereocenters. The molecule has 0 unspecified atom stereocenters. The van der Waals surface area contributed by atoms with Crippen molar-refractivity contribution in [3.63, 3.8) is 0 Å². The van der Waals surface area contributed by atoms with Gasteiger partial charge >= 0.3 is 0 Å². The van der Waals surface area contributed by atoms with Gasteiger partial charge < -0.3 is 10.1 Å². The first kappa shape index (κ1) is 23.3. The maximum Gasteiger partial charge on any atom is 0.282 e. The number of rotatable bonds is 7. The number of nitrogens with one attached hydrogen (secondary N) is 1. The van der Waals surface area contributed by atoms with Crippen LogP contribution >= 0.6 is 0 Å². The summed E-state index contributed by atoms with van der Waals surface area (Å²) in [6, 6.07) is 20.8. The molecule has 4 rings (SSSR count). The fourth-order valence-corrected chi connectivity index (χ4v) is 4.04. The molecule has 3 aromatic carbocycles. The fourth-order valence-electron chi connectivity index (χ4n) is 4.04. The van der Waals surface area contributed by atoms with Crippen LogP contribution in [-0.4, -0.2) is 18.4 Å². The summed E-state index contributed by atoms with van der Waals surface area (Å²) in [5.41, 5.74) is 5.82. The van der Waals surface area contributed by atoms with Gasteiger partial charge in [0.05, 0.1) is 23.6 Å². The van der Waals surface area contributed by atoms with Crippen molar-refractivity contribution < 1.29 is 14.3 Å². The maximum absolute atomic E-state index is 13.7. The summed E-state index contributed by atoms with van der Waals surface area (Å²) in [6.45, 7) is 10.6. The van der Waals surface area contributed by atoms with Crippen LogP contribution in [-0.2, 0) is 9.59 Å². The third kappa shape index (κ3) is 4.34. The first-order valence-electron chi connectivity index (χ1n) is 11.6. The molecule has 0 fully saturated rings. The van der Waals surface area contributed by atoms with Gasteiger partial charge in [-0.15, -0.1) is 0 Å². The number of nitrogens with zero attached hydrogens (tertiary/aromatic N) is 1. The molecule has 174 valence electrons. The normalized spacial score (nSPS) is 13.8. The number of benzene rings is 3. The van der Waals surface area contributed by atoms with E-state index in [2.05, 4.69) is 19.2 Å². The molecule has 0 saturated carbocycles. The highest BCUT2D eigenvalue weighted by molar-refractivity contribution is 6.46. The molecule has 1 N–H and O–H groups in total. The van der Waals surface area contributed by atoms with Crippen molar-refractivity contribution in [2.45, 2.75) is 40.5 Å². The Labute approximate surface area is 201 Å². The molecule has 0 radical (unpaired) electrons. The zero-order chi connectivity index (χ0) is 24.4. The zero-order valence-corrected chi connectivity index (χ0v) is 20.3. The third-order valence-corrected chi connectivity index (χ3v) is 6.14. The number of aryl methyl sites for hydroxylation is 2. The Balaban J connectivity index is 1.82. The molecule has 1 aliphatic rings. The lowest BCUT2D eigenvalue weighted by atomic mass is 9.99. The molecular weight excluding hydrogens is 424 g/mol. The Morgan fingerprint density at radius 1 is 0.882 bits per heavy atom. The predicted molar refractivity (Wildman–Crippen MR) is 137 cm³/mol. The predicted octanol–water partition coefficient (Wildman–Crippen LogP) is 6.22. The average Bonchev–Trinajstić information content (AvgIpc) is 3.06. The number of anilines is 2. The maximum atomic E-state index is 13.7. The lowest BCUT2D eigenvalue weighted by Gasteiger charge is -2.17. The molecule has 1 heterocycles. The smallest absolute Gasteiger partial charge is 0.282 e. The average molecular weight is 455 g/mol. The second-order valence-corrected chi connectivity index (χ2v) is 8.80. The van der Waals surface area contributed by atoms with E-state index in [1.807, 2.05) is 87.5 Å². The Kier molecular flexibility index (Phi) is 6.55. The van der Waals surface area contributed by atoms with Crippen molar-refractivity contribution >= 4 is 28.8 Å². The Morgan fingerprint density at radius 2 is 1.59 bits per heavy atom. The minimum absolute atomic E-state index is 0.244. The fraction of sp³-hybridized carbons (Fsp3) is 0.241. The van der Waals surface area contributed by atoms with Crippen molar-refractivity contribution in [3.05, 3.63) is 94.7 Å². The van der Waals surface area contributed by atoms with Gasteiger partial charge in [-0.3, -0.25) is 9.59 Å². The second-order valence-electron chi connectivity index (χ2n) is 8.80. The highest BCUT2D eigenvalue weighted by atomic mass is 16.5. The number of imide groups is 1. The van der Waals surface area contributed by atoms with Crippen LogP contribution in [0.2, 0.25) is 0 Å². The molecule has 0 aromatic heterocycles. The number of ether oxygens (including phenoxy) is 1. The molecule has 0 spiro atoms. The summed E-state index contributed by atoms with van der Waals surface area (Å²) >= 11 is 0. The van der Waals surface area contributed by atoms with Gasteiger partial charge in [-0.25, -0.2) is 4.90 Å². The number of carbonyl (C=O) groups is 2. The molecule has 1 aliphatic heterocycles. The zero-order valence-electron chi connectivity index (χ0n) is 20.3. The lowest BCUT2D eigenvalue weighted by molar-refractivity contribution is -0.120. The van der Waals surface area contributed by atoms with Crippen LogP contribution in [0, 0.1) is 13.8 Å². The molecule has 0 bridgehead atoms. The van der Waals surface area contributed by atoms with Gasteiger partial charge in [-0.2, -0.15) is 0 Å². The van der Waals surface area contributed by atoms with Gasteiger partial charge in [0, 0.05) is 0 Å². The van der Waals surface area contributed by atoms with Crippen LogP contribution in [0.25, 0.3) is 5.57 Å². The van der Waals surface area contributed by atoms with Crippen molar-refractivity contribution in [1.29, 1.82) is 0 Å². The molecule has 5 heteroatoms. The van der Waals surface area contributed by atoms with Gasteiger partial charge in [0.2, 0.25) is 0 Å². The molecule has 0 saturated heterocycles. The van der Waals surface area contributed by atoms with Crippen molar-refractivity contribution in [1.82, 2.24) is 0 Å². The molecule has 2 amide bonds. The summed E-state index contributed by atoms with van der Waals surface area (Å²) in [5.74, 6) is 0.247. The van der Waals surface area contributed by atoms with Crippen LogP contribution in [0.15, 0.2) is 72.4 Å². The van der Waals surface area contributed by atoms with Crippen molar-refractivity contribution in [3.8, 4) is 5.75 Å². The number of amides is 2. The van der Waals surface area contributed by atoms with Crippen LogP contribution in [0.4, 0.5) is 11.4 Å². The highest BCUT2D eigenvalue weighted by Gasteiger charge is 2.40. The molecule has 34 heavy (non-hydrogen) atoms. The van der Waals surface area contributed by atoms with Crippen LogP contribution < -0.4 is 15.0 Å². The molecule has 5 nitrogen and oxygen atoms in total. The van der Waals surface area contributed by atoms with Gasteiger partial charge in [0.1, 0.15) is 11.4 Å². The quantitative estimate of drug-likeness (QED) is 0.431. The minimum atomic E-state index is -0.387. The number of para-hydroxylation sites is 2. The first-order valence-corrected chi connectivity index (χ1v) is 11.6. The molecule has 3 aromatic rings. The van der Waals surface area contributed by atoms with Crippen LogP contribution in [0.5, 0.6) is 5.75 Å². The third-order valence-electron chi connectivity index (χ3n) is 6.14. The standard InChI is InChI=1S/C29H30N2O3/c1-6-34-25-10-8-7-9-24(25)30-27-26(22-12-11-19(4)20(5)17-22)28(32)31(29(27)33)23-15-13-21(14-16-23)18(2)3/h7-18,30H,6H2,1-5H3. The van der Waals surface area contributed by atoms with Crippen molar-refractivity contribution in [2.24, 2.45) is 0 Å². The van der Waals surface area contributed by atoms with Crippen molar-refractivity contribution in [2.75, 3.05) is 16.8 Å². The van der Waals surface area contributed by atoms with E-state index >= 15 is 0 Å². The summed E-state index contributed by atoms with van der Waals surface area (Å²) < 4.78 is 5.74. The SMILES string of the molecule is CCOc1ccccc1NC1=C(c2ccc(C)c(C)c2)C(=O)N(c2ccc(C(C)C)cc2)C1=O. The van der Waals surface area contributed by atoms with Crippen LogP contribution in [0.3, 0.4) is 0 Å². The van der Waals surface area contributed by atoms with E-state index in [4.69, 9.17) is 4.74 Å². The van der Waals surface area contributed by atoms with Gasteiger partial charge in [-0.05, 0) is 73.2 Å². The summed E-state index contributed by atoms with van der Waals surface area (Å²) in [5, 5.41) is 3.23. The summed E-state index contributed by atoms with van der Waals surface area (Å²) in [4.78, 5) is 28.7. The van der Waals surface area contributed by atoms with E-state index in [1.165, 1.54) is 4.90 Å². The number of hydrogen-bond donors (Lipinski definition) is 1. The van der Waals surface area contributed by atoms with Gasteiger partial charge in [0.25, 0.3) is 11.8 Å². The second kappa shape index (κ2) is 9.56.